The largest absolute Gasteiger partial charge is 0.357 e. The molecule has 1 aromatic carbocycles. The lowest BCUT2D eigenvalue weighted by Crippen LogP contribution is -2.57. The summed E-state index contributed by atoms with van der Waals surface area (Å²) in [5.41, 5.74) is 0.896. The fourth-order valence-electron chi connectivity index (χ4n) is 2.64. The molecular weight excluding hydrogens is 344 g/mol. The molecule has 0 spiro atoms. The maximum Gasteiger partial charge on any atom is 0.269 e. The van der Waals surface area contributed by atoms with E-state index in [0.29, 0.717) is 32.1 Å². The van der Waals surface area contributed by atoms with Crippen LogP contribution in [0.4, 0.5) is 5.69 Å². The van der Waals surface area contributed by atoms with Crippen molar-refractivity contribution in [1.29, 1.82) is 0 Å². The van der Waals surface area contributed by atoms with Crippen molar-refractivity contribution >= 4 is 21.5 Å². The fourth-order valence-corrected chi connectivity index (χ4v) is 4.01. The SMILES string of the molecule is CCNC(=NCc1ccc([N+](=O)[O-])cc1)N1CCS(=O)(=O)C(C)(C)C1. The Hall–Kier alpha value is -2.16. The molecule has 9 heteroatoms. The quantitative estimate of drug-likeness (QED) is 0.374. The monoisotopic (exact) mass is 368 g/mol. The number of hydrogen-bond donors (Lipinski definition) is 1. The van der Waals surface area contributed by atoms with Gasteiger partial charge in [-0.15, -0.1) is 0 Å². The molecule has 138 valence electrons. The van der Waals surface area contributed by atoms with E-state index in [-0.39, 0.29) is 11.4 Å². The zero-order valence-electron chi connectivity index (χ0n) is 14.7. The minimum atomic E-state index is -3.11. The highest BCUT2D eigenvalue weighted by atomic mass is 32.2. The molecule has 2 rings (SSSR count). The Kier molecular flexibility index (Phi) is 5.66. The van der Waals surface area contributed by atoms with Gasteiger partial charge in [-0.2, -0.15) is 0 Å². The first kappa shape index (κ1) is 19.2. The van der Waals surface area contributed by atoms with Gasteiger partial charge in [0.15, 0.2) is 15.8 Å². The Labute approximate surface area is 148 Å². The molecule has 0 aromatic heterocycles. The maximum atomic E-state index is 12.2. The van der Waals surface area contributed by atoms with Crippen LogP contribution in [0, 0.1) is 10.1 Å². The highest BCUT2D eigenvalue weighted by molar-refractivity contribution is 7.92. The van der Waals surface area contributed by atoms with Gasteiger partial charge in [0.05, 0.1) is 22.0 Å². The molecule has 8 nitrogen and oxygen atoms in total. The number of nitro benzene ring substituents is 1. The number of rotatable bonds is 4. The van der Waals surface area contributed by atoms with E-state index in [4.69, 9.17) is 0 Å². The summed E-state index contributed by atoms with van der Waals surface area (Å²) in [5, 5.41) is 13.9. The topological polar surface area (TPSA) is 105 Å². The van der Waals surface area contributed by atoms with Gasteiger partial charge < -0.3 is 10.2 Å². The van der Waals surface area contributed by atoms with Crippen molar-refractivity contribution in [2.24, 2.45) is 4.99 Å². The average Bonchev–Trinajstić information content (AvgIpc) is 2.54. The second-order valence-corrected chi connectivity index (χ2v) is 9.34. The summed E-state index contributed by atoms with van der Waals surface area (Å²) >= 11 is 0. The summed E-state index contributed by atoms with van der Waals surface area (Å²) in [4.78, 5) is 16.8. The van der Waals surface area contributed by atoms with Gasteiger partial charge in [-0.25, -0.2) is 13.4 Å². The summed E-state index contributed by atoms with van der Waals surface area (Å²) in [6.07, 6.45) is 0. The molecule has 0 unspecified atom stereocenters. The van der Waals surface area contributed by atoms with Gasteiger partial charge in [0.1, 0.15) is 0 Å². The molecule has 0 atom stereocenters. The normalized spacial score (nSPS) is 19.5. The highest BCUT2D eigenvalue weighted by Crippen LogP contribution is 2.23. The molecule has 1 aliphatic rings. The molecule has 0 radical (unpaired) electrons. The Bertz CT molecular complexity index is 757. The number of benzene rings is 1. The smallest absolute Gasteiger partial charge is 0.269 e. The van der Waals surface area contributed by atoms with Gasteiger partial charge in [0.2, 0.25) is 0 Å². The number of nitro groups is 1. The molecular formula is C16H24N4O4S. The van der Waals surface area contributed by atoms with Gasteiger partial charge in [0, 0.05) is 31.8 Å². The van der Waals surface area contributed by atoms with Crippen molar-refractivity contribution in [2.45, 2.75) is 32.1 Å². The van der Waals surface area contributed by atoms with Gasteiger partial charge in [-0.1, -0.05) is 12.1 Å². The first-order chi connectivity index (χ1) is 11.7. The Morgan fingerprint density at radius 3 is 2.52 bits per heavy atom. The number of aliphatic imine (C=N–C) groups is 1. The second kappa shape index (κ2) is 7.38. The molecule has 1 aromatic rings. The Morgan fingerprint density at radius 1 is 1.36 bits per heavy atom. The number of nitrogens with one attached hydrogen (secondary N) is 1. The van der Waals surface area contributed by atoms with Crippen molar-refractivity contribution in [3.63, 3.8) is 0 Å². The van der Waals surface area contributed by atoms with Gasteiger partial charge in [-0.3, -0.25) is 10.1 Å². The first-order valence-electron chi connectivity index (χ1n) is 8.15. The van der Waals surface area contributed by atoms with Crippen molar-refractivity contribution in [2.75, 3.05) is 25.4 Å². The average molecular weight is 368 g/mol. The lowest BCUT2D eigenvalue weighted by atomic mass is 10.2. The lowest BCUT2D eigenvalue weighted by Gasteiger charge is -2.39. The fraction of sp³-hybridized carbons (Fsp3) is 0.562. The molecule has 1 saturated heterocycles. The molecule has 1 N–H and O–H groups in total. The van der Waals surface area contributed by atoms with Crippen LogP contribution < -0.4 is 5.32 Å². The molecule has 0 aliphatic carbocycles. The van der Waals surface area contributed by atoms with Crippen LogP contribution in [0.15, 0.2) is 29.3 Å². The molecule has 1 aliphatic heterocycles. The van der Waals surface area contributed by atoms with Crippen LogP contribution in [0.1, 0.15) is 26.3 Å². The van der Waals surface area contributed by atoms with Gasteiger partial charge in [0.25, 0.3) is 5.69 Å². The predicted molar refractivity (Wildman–Crippen MR) is 97.4 cm³/mol. The molecule has 0 saturated carbocycles. The summed E-state index contributed by atoms with van der Waals surface area (Å²) in [5.74, 6) is 0.755. The lowest BCUT2D eigenvalue weighted by molar-refractivity contribution is -0.384. The minimum Gasteiger partial charge on any atom is -0.357 e. The Balaban J connectivity index is 2.14. The van der Waals surface area contributed by atoms with E-state index < -0.39 is 19.5 Å². The highest BCUT2D eigenvalue weighted by Gasteiger charge is 2.40. The second-order valence-electron chi connectivity index (χ2n) is 6.59. The van der Waals surface area contributed by atoms with Crippen molar-refractivity contribution in [3.05, 3.63) is 39.9 Å². The van der Waals surface area contributed by atoms with Gasteiger partial charge in [-0.05, 0) is 26.3 Å². The maximum absolute atomic E-state index is 12.2. The summed E-state index contributed by atoms with van der Waals surface area (Å²) in [6.45, 7) is 7.22. The third-order valence-corrected chi connectivity index (χ3v) is 6.77. The van der Waals surface area contributed by atoms with Crippen LogP contribution in [0.3, 0.4) is 0 Å². The number of non-ortho nitro benzene ring substituents is 1. The summed E-state index contributed by atoms with van der Waals surface area (Å²) in [6, 6.07) is 6.26. The third kappa shape index (κ3) is 4.47. The molecule has 0 bridgehead atoms. The number of sulfone groups is 1. The number of nitrogens with zero attached hydrogens (tertiary/aromatic N) is 3. The van der Waals surface area contributed by atoms with Gasteiger partial charge >= 0.3 is 0 Å². The first-order valence-corrected chi connectivity index (χ1v) is 9.80. The molecule has 25 heavy (non-hydrogen) atoms. The summed E-state index contributed by atoms with van der Waals surface area (Å²) < 4.78 is 23.5. The zero-order valence-corrected chi connectivity index (χ0v) is 15.5. The van der Waals surface area contributed by atoms with Crippen LogP contribution in [0.5, 0.6) is 0 Å². The minimum absolute atomic E-state index is 0.0441. The summed E-state index contributed by atoms with van der Waals surface area (Å²) in [7, 11) is -3.11. The molecule has 1 fully saturated rings. The molecule has 1 heterocycles. The Morgan fingerprint density at radius 2 is 2.00 bits per heavy atom. The van der Waals surface area contributed by atoms with E-state index in [1.165, 1.54) is 12.1 Å². The van der Waals surface area contributed by atoms with Crippen LogP contribution in [-0.2, 0) is 16.4 Å². The van der Waals surface area contributed by atoms with Crippen molar-refractivity contribution < 1.29 is 13.3 Å². The van der Waals surface area contributed by atoms with Crippen molar-refractivity contribution in [3.8, 4) is 0 Å². The third-order valence-electron chi connectivity index (χ3n) is 4.24. The van der Waals surface area contributed by atoms with Crippen LogP contribution in [-0.4, -0.2) is 54.3 Å². The van der Waals surface area contributed by atoms with Crippen LogP contribution in [0.25, 0.3) is 0 Å². The van der Waals surface area contributed by atoms with E-state index >= 15 is 0 Å². The van der Waals surface area contributed by atoms with E-state index in [9.17, 15) is 18.5 Å². The molecule has 0 amide bonds. The van der Waals surface area contributed by atoms with E-state index in [2.05, 4.69) is 10.3 Å². The van der Waals surface area contributed by atoms with E-state index in [1.54, 1.807) is 26.0 Å². The van der Waals surface area contributed by atoms with Crippen molar-refractivity contribution in [1.82, 2.24) is 10.2 Å². The van der Waals surface area contributed by atoms with E-state index in [0.717, 1.165) is 5.56 Å². The number of guanidine groups is 1. The van der Waals surface area contributed by atoms with Crippen LogP contribution >= 0.6 is 0 Å². The zero-order chi connectivity index (χ0) is 18.7. The predicted octanol–water partition coefficient (Wildman–Crippen LogP) is 1.57. The van der Waals surface area contributed by atoms with Crippen LogP contribution in [0.2, 0.25) is 0 Å². The van der Waals surface area contributed by atoms with E-state index in [1.807, 2.05) is 11.8 Å². The standard InChI is InChI=1S/C16H24N4O4S/c1-4-17-15(19-9-10-25(23,24)16(2,3)12-19)18-11-13-5-7-14(8-6-13)20(21)22/h5-8H,4,9-12H2,1-3H3,(H,17,18). The number of hydrogen-bond acceptors (Lipinski definition) is 5.